The van der Waals surface area contributed by atoms with Gasteiger partial charge in [0.05, 0.1) is 9.09 Å². The standard InChI is InChI=1S/C11H8N4S2/c1-2-4-8(5-3-1)16-10-7-6-9(17-10)11-12-14-15-13-11/h1-7H,(H,12,13,14,15). The summed E-state index contributed by atoms with van der Waals surface area (Å²) in [5.41, 5.74) is 0. The quantitative estimate of drug-likeness (QED) is 0.786. The molecule has 0 fully saturated rings. The third-order valence-corrected chi connectivity index (χ3v) is 4.33. The summed E-state index contributed by atoms with van der Waals surface area (Å²) in [6, 6.07) is 14.4. The third-order valence-electron chi connectivity index (χ3n) is 2.11. The van der Waals surface area contributed by atoms with E-state index in [9.17, 15) is 0 Å². The van der Waals surface area contributed by atoms with E-state index in [4.69, 9.17) is 0 Å². The van der Waals surface area contributed by atoms with Crippen molar-refractivity contribution in [3.63, 3.8) is 0 Å². The number of nitrogens with one attached hydrogen (secondary N) is 1. The molecule has 0 radical (unpaired) electrons. The summed E-state index contributed by atoms with van der Waals surface area (Å²) < 4.78 is 1.22. The number of nitrogens with zero attached hydrogens (tertiary/aromatic N) is 3. The third kappa shape index (κ3) is 2.37. The Morgan fingerprint density at radius 3 is 2.71 bits per heavy atom. The Labute approximate surface area is 106 Å². The maximum atomic E-state index is 3.96. The van der Waals surface area contributed by atoms with Crippen LogP contribution in [0.3, 0.4) is 0 Å². The zero-order valence-electron chi connectivity index (χ0n) is 8.70. The van der Waals surface area contributed by atoms with Crippen LogP contribution in [0.25, 0.3) is 10.7 Å². The molecule has 1 aromatic carbocycles. The second-order valence-electron chi connectivity index (χ2n) is 3.27. The van der Waals surface area contributed by atoms with Gasteiger partial charge in [-0.05, 0) is 29.5 Å². The molecule has 6 heteroatoms. The Morgan fingerprint density at radius 2 is 1.94 bits per heavy atom. The fraction of sp³-hybridized carbons (Fsp3) is 0. The number of thiophene rings is 1. The van der Waals surface area contributed by atoms with Gasteiger partial charge >= 0.3 is 0 Å². The molecule has 0 spiro atoms. The van der Waals surface area contributed by atoms with Crippen LogP contribution in [0.5, 0.6) is 0 Å². The van der Waals surface area contributed by atoms with Gasteiger partial charge in [-0.1, -0.05) is 30.0 Å². The van der Waals surface area contributed by atoms with Gasteiger partial charge in [-0.15, -0.1) is 21.5 Å². The molecule has 17 heavy (non-hydrogen) atoms. The number of benzene rings is 1. The second kappa shape index (κ2) is 4.68. The van der Waals surface area contributed by atoms with Gasteiger partial charge in [-0.25, -0.2) is 0 Å². The Balaban J connectivity index is 1.82. The van der Waals surface area contributed by atoms with Gasteiger partial charge in [0.2, 0.25) is 5.82 Å². The van der Waals surface area contributed by atoms with Gasteiger partial charge < -0.3 is 0 Å². The minimum Gasteiger partial charge on any atom is -0.177 e. The number of hydrogen-bond acceptors (Lipinski definition) is 5. The highest BCUT2D eigenvalue weighted by atomic mass is 32.2. The van der Waals surface area contributed by atoms with Gasteiger partial charge in [-0.3, -0.25) is 0 Å². The van der Waals surface area contributed by atoms with Crippen LogP contribution in [0.4, 0.5) is 0 Å². The van der Waals surface area contributed by atoms with E-state index in [0.29, 0.717) is 5.82 Å². The minimum absolute atomic E-state index is 0.648. The van der Waals surface area contributed by atoms with Crippen LogP contribution in [0.1, 0.15) is 0 Å². The second-order valence-corrected chi connectivity index (χ2v) is 5.73. The Morgan fingerprint density at radius 1 is 1.06 bits per heavy atom. The number of hydrogen-bond donors (Lipinski definition) is 1. The highest BCUT2D eigenvalue weighted by Gasteiger charge is 2.07. The largest absolute Gasteiger partial charge is 0.214 e. The van der Waals surface area contributed by atoms with E-state index in [1.54, 1.807) is 23.1 Å². The van der Waals surface area contributed by atoms with E-state index < -0.39 is 0 Å². The van der Waals surface area contributed by atoms with E-state index in [1.807, 2.05) is 24.3 Å². The van der Waals surface area contributed by atoms with Crippen molar-refractivity contribution in [1.82, 2.24) is 20.6 Å². The molecule has 0 amide bonds. The molecule has 0 saturated carbocycles. The molecule has 0 saturated heterocycles. The van der Waals surface area contributed by atoms with Crippen molar-refractivity contribution in [2.45, 2.75) is 9.10 Å². The average molecular weight is 260 g/mol. The Bertz CT molecular complexity index is 589. The number of H-pyrrole nitrogens is 1. The minimum atomic E-state index is 0.648. The summed E-state index contributed by atoms with van der Waals surface area (Å²) in [5.74, 6) is 0.648. The zero-order valence-corrected chi connectivity index (χ0v) is 10.3. The predicted molar refractivity (Wildman–Crippen MR) is 68.1 cm³/mol. The maximum Gasteiger partial charge on any atom is 0.214 e. The molecule has 2 aromatic heterocycles. The summed E-state index contributed by atoms with van der Waals surface area (Å²) >= 11 is 3.40. The molecule has 3 rings (SSSR count). The van der Waals surface area contributed by atoms with Crippen LogP contribution in [0.2, 0.25) is 0 Å². The normalized spacial score (nSPS) is 10.6. The summed E-state index contributed by atoms with van der Waals surface area (Å²) in [6.07, 6.45) is 0. The number of aromatic nitrogens is 4. The van der Waals surface area contributed by atoms with E-state index in [2.05, 4.69) is 38.8 Å². The lowest BCUT2D eigenvalue weighted by atomic mass is 10.4. The van der Waals surface area contributed by atoms with E-state index in [-0.39, 0.29) is 0 Å². The average Bonchev–Trinajstić information content (AvgIpc) is 3.00. The first-order valence-corrected chi connectivity index (χ1v) is 6.62. The molecular formula is C11H8N4S2. The zero-order chi connectivity index (χ0) is 11.5. The van der Waals surface area contributed by atoms with Crippen molar-refractivity contribution in [2.24, 2.45) is 0 Å². The van der Waals surface area contributed by atoms with Crippen molar-refractivity contribution in [2.75, 3.05) is 0 Å². The van der Waals surface area contributed by atoms with Crippen molar-refractivity contribution in [3.05, 3.63) is 42.5 Å². The molecular weight excluding hydrogens is 252 g/mol. The van der Waals surface area contributed by atoms with Gasteiger partial charge in [-0.2, -0.15) is 5.21 Å². The van der Waals surface area contributed by atoms with Crippen LogP contribution in [0, 0.1) is 0 Å². The molecule has 0 atom stereocenters. The number of aromatic amines is 1. The van der Waals surface area contributed by atoms with Crippen LogP contribution in [-0.4, -0.2) is 20.6 Å². The summed E-state index contributed by atoms with van der Waals surface area (Å²) in [4.78, 5) is 2.26. The molecule has 0 aliphatic rings. The van der Waals surface area contributed by atoms with Gasteiger partial charge in [0.15, 0.2) is 0 Å². The summed E-state index contributed by atoms with van der Waals surface area (Å²) in [5, 5.41) is 13.9. The topological polar surface area (TPSA) is 54.5 Å². The molecule has 84 valence electrons. The van der Waals surface area contributed by atoms with Gasteiger partial charge in [0.25, 0.3) is 0 Å². The van der Waals surface area contributed by atoms with E-state index in [1.165, 1.54) is 9.10 Å². The molecule has 0 bridgehead atoms. The SMILES string of the molecule is c1ccc(Sc2ccc(-c3nn[nH]n3)s2)cc1. The first-order valence-electron chi connectivity index (χ1n) is 4.98. The van der Waals surface area contributed by atoms with E-state index in [0.717, 1.165) is 4.88 Å². The predicted octanol–water partition coefficient (Wildman–Crippen LogP) is 3.08. The lowest BCUT2D eigenvalue weighted by Crippen LogP contribution is -1.73. The highest BCUT2D eigenvalue weighted by molar-refractivity contribution is 8.01. The first kappa shape index (κ1) is 10.5. The summed E-state index contributed by atoms with van der Waals surface area (Å²) in [6.45, 7) is 0. The fourth-order valence-electron chi connectivity index (χ4n) is 1.37. The van der Waals surface area contributed by atoms with Crippen molar-refractivity contribution >= 4 is 23.1 Å². The summed E-state index contributed by atoms with van der Waals surface area (Å²) in [7, 11) is 0. The monoisotopic (exact) mass is 260 g/mol. The first-order chi connectivity index (χ1) is 8.42. The van der Waals surface area contributed by atoms with Gasteiger partial charge in [0, 0.05) is 4.90 Å². The Hall–Kier alpha value is -1.66. The lowest BCUT2D eigenvalue weighted by molar-refractivity contribution is 0.881. The van der Waals surface area contributed by atoms with Crippen LogP contribution < -0.4 is 0 Å². The molecule has 0 aliphatic heterocycles. The highest BCUT2D eigenvalue weighted by Crippen LogP contribution is 2.36. The maximum absolute atomic E-state index is 3.96. The van der Waals surface area contributed by atoms with Crippen molar-refractivity contribution < 1.29 is 0 Å². The molecule has 4 nitrogen and oxygen atoms in total. The number of tetrazole rings is 1. The fourth-order valence-corrected chi connectivity index (χ4v) is 3.42. The molecule has 1 N–H and O–H groups in total. The van der Waals surface area contributed by atoms with E-state index >= 15 is 0 Å². The molecule has 3 aromatic rings. The Kier molecular flexibility index (Phi) is 2.89. The van der Waals surface area contributed by atoms with Gasteiger partial charge in [0.1, 0.15) is 0 Å². The molecule has 2 heterocycles. The van der Waals surface area contributed by atoms with Crippen LogP contribution >= 0.6 is 23.1 Å². The molecule has 0 unspecified atom stereocenters. The molecule has 0 aliphatic carbocycles. The van der Waals surface area contributed by atoms with Crippen molar-refractivity contribution in [1.29, 1.82) is 0 Å². The smallest absolute Gasteiger partial charge is 0.177 e. The number of rotatable bonds is 3. The van der Waals surface area contributed by atoms with Crippen molar-refractivity contribution in [3.8, 4) is 10.7 Å². The lowest BCUT2D eigenvalue weighted by Gasteiger charge is -1.96. The van der Waals surface area contributed by atoms with Crippen LogP contribution in [0.15, 0.2) is 51.6 Å². The van der Waals surface area contributed by atoms with Crippen LogP contribution in [-0.2, 0) is 0 Å².